The zero-order valence-electron chi connectivity index (χ0n) is 70.6. The lowest BCUT2D eigenvalue weighted by atomic mass is 9.33. The summed E-state index contributed by atoms with van der Waals surface area (Å²) in [7, 11) is 0. The number of hydrogen-bond donors (Lipinski definition) is 2. The van der Waals surface area contributed by atoms with Gasteiger partial charge in [0.15, 0.2) is 0 Å². The van der Waals surface area contributed by atoms with E-state index in [2.05, 4.69) is 441 Å². The van der Waals surface area contributed by atoms with Gasteiger partial charge in [0.05, 0.1) is 16.7 Å². The molecule has 0 amide bonds. The number of rotatable bonds is 9. The zero-order valence-corrected chi connectivity index (χ0v) is 70.6. The molecule has 0 radical (unpaired) electrons. The Kier molecular flexibility index (Phi) is 17.2. The lowest BCUT2D eigenvalue weighted by Gasteiger charge is -2.38. The predicted molar refractivity (Wildman–Crippen MR) is 512 cm³/mol. The molecule has 3 heterocycles. The van der Waals surface area contributed by atoms with Crippen LogP contribution in [0.25, 0.3) is 160 Å². The number of nitrogens with zero attached hydrogens (tertiary/aromatic N) is 1. The molecule has 0 aliphatic carbocycles. The van der Waals surface area contributed by atoms with Crippen LogP contribution < -0.4 is 27.0 Å². The molecular formula is C114H100BN3. The van der Waals surface area contributed by atoms with E-state index in [1.807, 2.05) is 0 Å². The Bertz CT molecular complexity index is 6590. The topological polar surface area (TPSA) is 29.0 Å². The number of fused-ring (bicyclic) bond motifs is 11. The van der Waals surface area contributed by atoms with Gasteiger partial charge in [-0.3, -0.25) is 0 Å². The molecule has 2 N–H and O–H groups in total. The Balaban J connectivity index is 0.974. The molecule has 4 heteroatoms. The Morgan fingerprint density at radius 3 is 0.907 bits per heavy atom. The number of aromatic nitrogens is 1. The van der Waals surface area contributed by atoms with Gasteiger partial charge >= 0.3 is 0 Å². The van der Waals surface area contributed by atoms with Crippen LogP contribution in [0.4, 0.5) is 22.7 Å². The highest BCUT2D eigenvalue weighted by molar-refractivity contribution is 7.00. The normalized spacial score (nSPS) is 13.0. The van der Waals surface area contributed by atoms with Gasteiger partial charge in [0.2, 0.25) is 0 Å². The van der Waals surface area contributed by atoms with E-state index in [4.69, 9.17) is 0 Å². The van der Waals surface area contributed by atoms with Crippen LogP contribution in [-0.2, 0) is 27.1 Å². The molecule has 0 bridgehead atoms. The van der Waals surface area contributed by atoms with Gasteiger partial charge in [0, 0.05) is 44.6 Å². The first kappa shape index (κ1) is 74.1. The van der Waals surface area contributed by atoms with Gasteiger partial charge in [0.1, 0.15) is 0 Å². The second-order valence-corrected chi connectivity index (χ2v) is 38.8. The number of nitrogens with one attached hydrogen (secondary N) is 2. The van der Waals surface area contributed by atoms with Gasteiger partial charge in [-0.2, -0.15) is 0 Å². The molecule has 3 nitrogen and oxygen atoms in total. The van der Waals surface area contributed by atoms with Crippen LogP contribution in [0.5, 0.6) is 0 Å². The fourth-order valence-electron chi connectivity index (χ4n) is 18.9. The third kappa shape index (κ3) is 12.9. The summed E-state index contributed by atoms with van der Waals surface area (Å²) in [5.41, 5.74) is 35.7. The van der Waals surface area contributed by atoms with Crippen LogP contribution in [0.15, 0.2) is 322 Å². The largest absolute Gasteiger partial charge is 0.356 e. The lowest BCUT2D eigenvalue weighted by molar-refractivity contribution is 0.568. The summed E-state index contributed by atoms with van der Waals surface area (Å²) in [6, 6.07) is 124. The highest BCUT2D eigenvalue weighted by atomic mass is 15.0. The molecule has 20 rings (SSSR count). The minimum atomic E-state index is -0.355. The third-order valence-corrected chi connectivity index (χ3v) is 25.6. The van der Waals surface area contributed by atoms with Crippen molar-refractivity contribution in [1.29, 1.82) is 0 Å². The van der Waals surface area contributed by atoms with E-state index < -0.39 is 0 Å². The molecule has 2 aliphatic rings. The number of benzene rings is 17. The average molecular weight is 1520 g/mol. The van der Waals surface area contributed by atoms with E-state index in [1.54, 1.807) is 0 Å². The van der Waals surface area contributed by atoms with Crippen molar-refractivity contribution in [3.63, 3.8) is 0 Å². The van der Waals surface area contributed by atoms with Crippen molar-refractivity contribution in [3.05, 3.63) is 349 Å². The quantitative estimate of drug-likeness (QED) is 0.141. The second-order valence-electron chi connectivity index (χ2n) is 38.8. The van der Waals surface area contributed by atoms with Crippen LogP contribution in [0.1, 0.15) is 132 Å². The zero-order chi connectivity index (χ0) is 81.2. The fourth-order valence-corrected chi connectivity index (χ4v) is 18.9. The Labute approximate surface area is 696 Å². The van der Waals surface area contributed by atoms with Crippen molar-refractivity contribution >= 4 is 111 Å². The van der Waals surface area contributed by atoms with E-state index >= 15 is 0 Å². The number of hydrogen-bond acceptors (Lipinski definition) is 2. The van der Waals surface area contributed by atoms with E-state index in [1.165, 1.54) is 120 Å². The highest BCUT2D eigenvalue weighted by Gasteiger charge is 2.43. The van der Waals surface area contributed by atoms with Crippen molar-refractivity contribution < 1.29 is 0 Å². The maximum atomic E-state index is 4.55. The van der Waals surface area contributed by atoms with Gasteiger partial charge in [-0.15, -0.1) is 0 Å². The van der Waals surface area contributed by atoms with Crippen molar-refractivity contribution in [2.75, 3.05) is 10.6 Å². The molecule has 2 aliphatic heterocycles. The summed E-state index contributed by atoms with van der Waals surface area (Å²) in [4.78, 5) is 0. The molecule has 0 spiro atoms. The molecule has 1 aromatic heterocycles. The summed E-state index contributed by atoms with van der Waals surface area (Å²) in [6.07, 6.45) is 0. The molecular weight excluding hydrogens is 1420 g/mol. The van der Waals surface area contributed by atoms with E-state index in [0.717, 1.165) is 106 Å². The summed E-state index contributed by atoms with van der Waals surface area (Å²) < 4.78 is 2.54. The number of para-hydroxylation sites is 1. The van der Waals surface area contributed by atoms with Crippen LogP contribution in [0, 0.1) is 0 Å². The average Bonchev–Trinajstić information content (AvgIpc) is 0.870. The van der Waals surface area contributed by atoms with Gasteiger partial charge in [-0.25, -0.2) is 0 Å². The molecule has 17 aromatic carbocycles. The summed E-state index contributed by atoms with van der Waals surface area (Å²) >= 11 is 0. The van der Waals surface area contributed by atoms with Crippen molar-refractivity contribution in [2.24, 2.45) is 0 Å². The predicted octanol–water partition coefficient (Wildman–Crippen LogP) is 29.9. The summed E-state index contributed by atoms with van der Waals surface area (Å²) in [5, 5.41) is 21.2. The van der Waals surface area contributed by atoms with E-state index in [0.29, 0.717) is 0 Å². The molecule has 574 valence electrons. The van der Waals surface area contributed by atoms with Crippen molar-refractivity contribution in [2.45, 2.75) is 131 Å². The monoisotopic (exact) mass is 1520 g/mol. The maximum Gasteiger partial charge on any atom is 0.252 e. The molecule has 0 fully saturated rings. The summed E-state index contributed by atoms with van der Waals surface area (Å²) in [6.45, 7) is 35.1. The molecule has 0 atom stereocenters. The van der Waals surface area contributed by atoms with Crippen LogP contribution in [0.2, 0.25) is 0 Å². The fraction of sp³-hybridized carbons (Fsp3) is 0.175. The second kappa shape index (κ2) is 27.4. The van der Waals surface area contributed by atoms with Crippen LogP contribution in [-0.4, -0.2) is 11.3 Å². The first-order chi connectivity index (χ1) is 56.6. The maximum absolute atomic E-state index is 4.55. The third-order valence-electron chi connectivity index (χ3n) is 25.6. The molecule has 0 saturated heterocycles. The molecule has 18 aromatic rings. The van der Waals surface area contributed by atoms with Gasteiger partial charge in [-0.1, -0.05) is 359 Å². The Morgan fingerprint density at radius 2 is 0.551 bits per heavy atom. The number of anilines is 4. The SMILES string of the molecule is CC(C)(C)c1cc(-c2cc3c(c(-c4c(-c5ccc6ccccc6c5)cccc4-c4ccc5ccccc5c4)c2)Nc2cc(-n4c5ccccc5c5cc(C(C)(C)C)ccc54)cc4c2B3c2cc(-c3cc(C(C)(C)C)cc(C(C)(C)C)c3)cc(-c3c(-c5ccc6ccccc6c5)cccc3-c3ccc5ccccc5c3)c2N4)cc(C(C)(C)C)c1. The lowest BCUT2D eigenvalue weighted by Crippen LogP contribution is -2.59. The van der Waals surface area contributed by atoms with Crippen LogP contribution in [0.3, 0.4) is 0 Å². The van der Waals surface area contributed by atoms with Gasteiger partial charge < -0.3 is 15.2 Å². The molecule has 0 unspecified atom stereocenters. The smallest absolute Gasteiger partial charge is 0.252 e. The Hall–Kier alpha value is -12.8. The first-order valence-electron chi connectivity index (χ1n) is 42.3. The standard InChI is InChI=1S/C114H100BN3/c1-110(2,3)85-50-51-104-96(66-85)95-36-24-25-41-103(95)118(104)90-67-101-107-102(68-90)117-109-98(106-93(79-48-44-71-30-18-22-34-75(71)54-79)39-27-40-94(106)80-49-45-72-31-19-23-35-76(72)55-80)61-84(82-58-88(113(10,11)12)65-89(59-82)114(13,14)15)63-100(109)115(107)99-62-83(81-56-86(111(4,5)6)64-87(57-81)112(7,8)9)60-97(108(99)116-101)105-91(77-46-42-69-28-16-20-32-73(69)52-77)37-26-38-92(105)78-47-43-70-29-17-21-33-74(70)53-78/h16-68,116-117H,1-15H3. The van der Waals surface area contributed by atoms with Crippen LogP contribution >= 0.6 is 0 Å². The van der Waals surface area contributed by atoms with E-state index in [-0.39, 0.29) is 33.8 Å². The van der Waals surface area contributed by atoms with Crippen molar-refractivity contribution in [1.82, 2.24) is 4.57 Å². The minimum absolute atomic E-state index is 0.0666. The van der Waals surface area contributed by atoms with Gasteiger partial charge in [-0.05, 0) is 259 Å². The first-order valence-corrected chi connectivity index (χ1v) is 42.3. The Morgan fingerprint density at radius 1 is 0.229 bits per heavy atom. The van der Waals surface area contributed by atoms with Gasteiger partial charge in [0.25, 0.3) is 6.71 Å². The molecule has 118 heavy (non-hydrogen) atoms. The minimum Gasteiger partial charge on any atom is -0.356 e. The van der Waals surface area contributed by atoms with E-state index in [9.17, 15) is 0 Å². The molecule has 0 saturated carbocycles. The van der Waals surface area contributed by atoms with Crippen molar-refractivity contribution in [3.8, 4) is 94.7 Å². The summed E-state index contributed by atoms with van der Waals surface area (Å²) in [5.74, 6) is 0. The highest BCUT2D eigenvalue weighted by Crippen LogP contribution is 2.52.